The van der Waals surface area contributed by atoms with Crippen LogP contribution >= 0.6 is 15.9 Å². The average Bonchev–Trinajstić information content (AvgIpc) is 2.89. The summed E-state index contributed by atoms with van der Waals surface area (Å²) in [4.78, 5) is 12.3. The number of halogens is 1. The molecule has 1 aliphatic heterocycles. The maximum atomic E-state index is 13.1. The van der Waals surface area contributed by atoms with Crippen LogP contribution in [0.2, 0.25) is 0 Å². The van der Waals surface area contributed by atoms with Crippen LogP contribution in [0.15, 0.2) is 88.2 Å². The van der Waals surface area contributed by atoms with Gasteiger partial charge in [-0.05, 0) is 55.5 Å². The zero-order valence-corrected chi connectivity index (χ0v) is 21.7. The van der Waals surface area contributed by atoms with Crippen LogP contribution in [0.25, 0.3) is 10.9 Å². The van der Waals surface area contributed by atoms with Gasteiger partial charge in [-0.15, -0.1) is 0 Å². The van der Waals surface area contributed by atoms with Crippen molar-refractivity contribution in [1.82, 2.24) is 19.2 Å². The van der Waals surface area contributed by atoms with Gasteiger partial charge in [0.1, 0.15) is 11.6 Å². The van der Waals surface area contributed by atoms with Crippen LogP contribution in [0, 0.1) is 0 Å². The van der Waals surface area contributed by atoms with Crippen LogP contribution in [0.1, 0.15) is 18.8 Å². The van der Waals surface area contributed by atoms with E-state index in [4.69, 9.17) is 9.97 Å². The second-order valence-electron chi connectivity index (χ2n) is 8.51. The van der Waals surface area contributed by atoms with Crippen molar-refractivity contribution in [2.75, 3.05) is 31.5 Å². The Labute approximate surface area is 214 Å². The number of anilines is 2. The summed E-state index contributed by atoms with van der Waals surface area (Å²) in [5.41, 5.74) is 1.83. The minimum absolute atomic E-state index is 0.0616. The monoisotopic (exact) mass is 551 g/mol. The molecule has 0 radical (unpaired) electrons. The number of sulfonamides is 1. The summed E-state index contributed by atoms with van der Waals surface area (Å²) in [5, 5.41) is 4.39. The zero-order chi connectivity index (χ0) is 24.4. The molecule has 0 amide bonds. The fraction of sp³-hybridized carbons (Fsp3) is 0.231. The highest BCUT2D eigenvalue weighted by molar-refractivity contribution is 9.10. The van der Waals surface area contributed by atoms with Crippen molar-refractivity contribution in [2.24, 2.45) is 0 Å². The van der Waals surface area contributed by atoms with Crippen molar-refractivity contribution >= 4 is 48.4 Å². The first-order valence-electron chi connectivity index (χ1n) is 11.5. The lowest BCUT2D eigenvalue weighted by molar-refractivity contribution is 0.141. The van der Waals surface area contributed by atoms with E-state index in [9.17, 15) is 8.42 Å². The Bertz CT molecular complexity index is 1420. The topological polar surface area (TPSA) is 78.4 Å². The highest BCUT2D eigenvalue weighted by atomic mass is 79.9. The second-order valence-corrected chi connectivity index (χ2v) is 11.4. The van der Waals surface area contributed by atoms with Crippen molar-refractivity contribution in [3.8, 4) is 0 Å². The van der Waals surface area contributed by atoms with Crippen molar-refractivity contribution < 1.29 is 8.42 Å². The van der Waals surface area contributed by atoms with Crippen molar-refractivity contribution in [1.29, 1.82) is 0 Å². The van der Waals surface area contributed by atoms with Crippen LogP contribution in [-0.4, -0.2) is 53.8 Å². The van der Waals surface area contributed by atoms with Crippen LogP contribution in [0.5, 0.6) is 0 Å². The molecule has 0 unspecified atom stereocenters. The molecule has 0 bridgehead atoms. The molecule has 3 aromatic carbocycles. The maximum Gasteiger partial charge on any atom is 0.243 e. The first-order valence-corrected chi connectivity index (χ1v) is 13.7. The van der Waals surface area contributed by atoms with Gasteiger partial charge >= 0.3 is 0 Å². The molecule has 1 aromatic heterocycles. The number of piperazine rings is 1. The third kappa shape index (κ3) is 5.08. The minimum Gasteiger partial charge on any atom is -0.340 e. The summed E-state index contributed by atoms with van der Waals surface area (Å²) in [6, 6.07) is 24.6. The summed E-state index contributed by atoms with van der Waals surface area (Å²) in [6.07, 6.45) is 0. The first kappa shape index (κ1) is 23.9. The number of nitrogens with zero attached hydrogens (tertiary/aromatic N) is 4. The zero-order valence-electron chi connectivity index (χ0n) is 19.3. The van der Waals surface area contributed by atoms with E-state index < -0.39 is 10.0 Å². The average molecular weight is 552 g/mol. The number of nitrogens with one attached hydrogen (secondary N) is 1. The summed E-state index contributed by atoms with van der Waals surface area (Å²) in [7, 11) is -3.52. The molecule has 4 aromatic rings. The van der Waals surface area contributed by atoms with Gasteiger partial charge in [0.15, 0.2) is 0 Å². The molecular weight excluding hydrogens is 526 g/mol. The number of rotatable bonds is 6. The molecule has 35 heavy (non-hydrogen) atoms. The Hall–Kier alpha value is -2.85. The number of aromatic nitrogens is 2. The molecule has 0 saturated carbocycles. The number of para-hydroxylation sites is 2. The predicted octanol–water partition coefficient (Wildman–Crippen LogP) is 5.20. The Balaban J connectivity index is 1.35. The second kappa shape index (κ2) is 10.0. The van der Waals surface area contributed by atoms with E-state index in [1.807, 2.05) is 54.6 Å². The molecule has 1 aliphatic rings. The molecule has 0 spiro atoms. The summed E-state index contributed by atoms with van der Waals surface area (Å²) in [6.45, 7) is 4.13. The summed E-state index contributed by atoms with van der Waals surface area (Å²) < 4.78 is 28.5. The Morgan fingerprint density at radius 1 is 0.857 bits per heavy atom. The lowest BCUT2D eigenvalue weighted by Gasteiger charge is -2.36. The van der Waals surface area contributed by atoms with Crippen LogP contribution < -0.4 is 5.32 Å². The third-order valence-corrected chi connectivity index (χ3v) is 8.74. The number of hydrogen-bond acceptors (Lipinski definition) is 6. The van der Waals surface area contributed by atoms with Crippen LogP contribution in [0.4, 0.5) is 11.5 Å². The van der Waals surface area contributed by atoms with E-state index >= 15 is 0 Å². The molecule has 180 valence electrons. The van der Waals surface area contributed by atoms with Crippen molar-refractivity contribution in [3.63, 3.8) is 0 Å². The quantitative estimate of drug-likeness (QED) is 0.354. The largest absolute Gasteiger partial charge is 0.340 e. The van der Waals surface area contributed by atoms with Crippen LogP contribution in [0.3, 0.4) is 0 Å². The Morgan fingerprint density at radius 2 is 1.51 bits per heavy atom. The molecule has 2 heterocycles. The molecule has 9 heteroatoms. The molecular formula is C26H26BrN5O2S. The maximum absolute atomic E-state index is 13.1. The molecule has 1 saturated heterocycles. The summed E-state index contributed by atoms with van der Waals surface area (Å²) >= 11 is 3.36. The van der Waals surface area contributed by atoms with Crippen molar-refractivity contribution in [3.05, 3.63) is 89.2 Å². The predicted molar refractivity (Wildman–Crippen MR) is 142 cm³/mol. The lowest BCUT2D eigenvalue weighted by atomic mass is 10.2. The molecule has 5 rings (SSSR count). The highest BCUT2D eigenvalue weighted by Gasteiger charge is 2.31. The molecule has 1 atom stereocenters. The molecule has 0 aliphatic carbocycles. The van der Waals surface area contributed by atoms with E-state index in [1.54, 1.807) is 28.6 Å². The van der Waals surface area contributed by atoms with Gasteiger partial charge in [-0.25, -0.2) is 18.4 Å². The van der Waals surface area contributed by atoms with E-state index in [0.29, 0.717) is 36.9 Å². The Morgan fingerprint density at radius 3 is 2.23 bits per heavy atom. The normalized spacial score (nSPS) is 16.3. The highest BCUT2D eigenvalue weighted by Crippen LogP contribution is 2.28. The van der Waals surface area contributed by atoms with Gasteiger partial charge in [-0.3, -0.25) is 4.90 Å². The number of fused-ring (bicyclic) bond motifs is 1. The van der Waals surface area contributed by atoms with Gasteiger partial charge in [0.2, 0.25) is 10.0 Å². The van der Waals surface area contributed by atoms with Gasteiger partial charge in [-0.1, -0.05) is 46.3 Å². The van der Waals surface area contributed by atoms with Gasteiger partial charge in [-0.2, -0.15) is 4.31 Å². The number of hydrogen-bond donors (Lipinski definition) is 1. The van der Waals surface area contributed by atoms with Gasteiger partial charge in [0, 0.05) is 41.7 Å². The third-order valence-electron chi connectivity index (χ3n) is 6.30. The van der Waals surface area contributed by atoms with E-state index in [0.717, 1.165) is 26.9 Å². The van der Waals surface area contributed by atoms with Crippen LogP contribution in [-0.2, 0) is 10.0 Å². The molecule has 1 fully saturated rings. The molecule has 7 nitrogen and oxygen atoms in total. The smallest absolute Gasteiger partial charge is 0.243 e. The number of benzene rings is 3. The van der Waals surface area contributed by atoms with Gasteiger partial charge in [0.25, 0.3) is 0 Å². The summed E-state index contributed by atoms with van der Waals surface area (Å²) in [5.74, 6) is 1.48. The van der Waals surface area contributed by atoms with Gasteiger partial charge < -0.3 is 5.32 Å². The standard InChI is InChI=1S/C26H26BrN5O2S/c1-19(31-15-17-32(18-16-31)35(33,34)22-13-11-20(27)12-14-22)25-29-24-10-6-5-9-23(24)26(30-25)28-21-7-3-2-4-8-21/h2-14,19H,15-18H2,1H3,(H,28,29,30)/t19-/m1/s1. The van der Waals surface area contributed by atoms with Gasteiger partial charge in [0.05, 0.1) is 16.5 Å². The minimum atomic E-state index is -3.52. The van der Waals surface area contributed by atoms with Crippen molar-refractivity contribution in [2.45, 2.75) is 17.9 Å². The lowest BCUT2D eigenvalue weighted by Crippen LogP contribution is -2.49. The molecule has 1 N–H and O–H groups in total. The Kier molecular flexibility index (Phi) is 6.84. The fourth-order valence-corrected chi connectivity index (χ4v) is 5.97. The fourth-order valence-electron chi connectivity index (χ4n) is 4.29. The van der Waals surface area contributed by atoms with E-state index in [1.165, 1.54) is 0 Å². The first-order chi connectivity index (χ1) is 16.9. The SMILES string of the molecule is C[C@H](c1nc(Nc2ccccc2)c2ccccc2n1)N1CCN(S(=O)(=O)c2ccc(Br)cc2)CC1. The van der Waals surface area contributed by atoms with E-state index in [2.05, 4.69) is 33.1 Å². The van der Waals surface area contributed by atoms with E-state index in [-0.39, 0.29) is 6.04 Å².